The first-order valence-electron chi connectivity index (χ1n) is 7.38. The van der Waals surface area contributed by atoms with Gasteiger partial charge in [0.15, 0.2) is 0 Å². The van der Waals surface area contributed by atoms with Gasteiger partial charge in [0.05, 0.1) is 18.7 Å². The average Bonchev–Trinajstić information content (AvgIpc) is 2.96. The number of rotatable bonds is 6. The van der Waals surface area contributed by atoms with Crippen LogP contribution in [-0.4, -0.2) is 45.4 Å². The molecule has 2 N–H and O–H groups in total. The summed E-state index contributed by atoms with van der Waals surface area (Å²) in [6, 6.07) is 7.21. The number of benzene rings is 1. The fourth-order valence-corrected chi connectivity index (χ4v) is 2.10. The quantitative estimate of drug-likeness (QED) is 0.848. The van der Waals surface area contributed by atoms with Crippen molar-refractivity contribution in [2.45, 2.75) is 13.5 Å². The first kappa shape index (κ1) is 17.5. The van der Waals surface area contributed by atoms with Gasteiger partial charge >= 0.3 is 12.0 Å². The molecule has 2 rings (SSSR count). The van der Waals surface area contributed by atoms with Crippen LogP contribution in [0.1, 0.15) is 12.5 Å². The topological polar surface area (TPSA) is 87.5 Å². The standard InChI is InChI=1S/C16H19FN4O3/c1-11(15(22)23)9-20(2)16(24)19-14-7-8-18-21(14)10-12-3-5-13(17)6-4-12/h3-8,11H,9-10H2,1-2H3,(H,19,24)(H,22,23). The van der Waals surface area contributed by atoms with Crippen molar-refractivity contribution in [3.63, 3.8) is 0 Å². The molecule has 2 amide bonds. The van der Waals surface area contributed by atoms with Gasteiger partial charge in [-0.15, -0.1) is 0 Å². The number of carbonyl (C=O) groups excluding carboxylic acids is 1. The molecule has 1 aromatic heterocycles. The highest BCUT2D eigenvalue weighted by atomic mass is 19.1. The third-order valence-corrected chi connectivity index (χ3v) is 3.51. The van der Waals surface area contributed by atoms with Crippen LogP contribution in [-0.2, 0) is 11.3 Å². The molecule has 0 aliphatic carbocycles. The third kappa shape index (κ3) is 4.55. The molecular formula is C16H19FN4O3. The molecule has 128 valence electrons. The van der Waals surface area contributed by atoms with Crippen LogP contribution >= 0.6 is 0 Å². The Kier molecular flexibility index (Phi) is 5.51. The molecule has 0 aliphatic rings. The number of aliphatic carboxylic acids is 1. The predicted molar refractivity (Wildman–Crippen MR) is 86.2 cm³/mol. The molecule has 24 heavy (non-hydrogen) atoms. The molecule has 1 heterocycles. The molecule has 0 saturated heterocycles. The van der Waals surface area contributed by atoms with Crippen molar-refractivity contribution in [1.82, 2.24) is 14.7 Å². The van der Waals surface area contributed by atoms with Gasteiger partial charge in [-0.05, 0) is 17.7 Å². The van der Waals surface area contributed by atoms with E-state index in [1.165, 1.54) is 31.0 Å². The second-order valence-corrected chi connectivity index (χ2v) is 5.55. The highest BCUT2D eigenvalue weighted by Crippen LogP contribution is 2.12. The summed E-state index contributed by atoms with van der Waals surface area (Å²) in [6.07, 6.45) is 1.54. The van der Waals surface area contributed by atoms with Crippen molar-refractivity contribution < 1.29 is 19.1 Å². The molecule has 0 radical (unpaired) electrons. The van der Waals surface area contributed by atoms with Gasteiger partial charge in [-0.3, -0.25) is 10.1 Å². The van der Waals surface area contributed by atoms with Crippen LogP contribution in [0.5, 0.6) is 0 Å². The summed E-state index contributed by atoms with van der Waals surface area (Å²) in [4.78, 5) is 24.3. The number of carbonyl (C=O) groups is 2. The molecule has 0 aliphatic heterocycles. The minimum absolute atomic E-state index is 0.0905. The first-order chi connectivity index (χ1) is 11.4. The summed E-state index contributed by atoms with van der Waals surface area (Å²) in [7, 11) is 1.52. The second-order valence-electron chi connectivity index (χ2n) is 5.55. The van der Waals surface area contributed by atoms with Crippen molar-refractivity contribution in [3.05, 3.63) is 47.9 Å². The molecule has 7 nitrogen and oxygen atoms in total. The molecular weight excluding hydrogens is 315 g/mol. The molecule has 0 bridgehead atoms. The van der Waals surface area contributed by atoms with Crippen LogP contribution in [0.25, 0.3) is 0 Å². The zero-order chi connectivity index (χ0) is 17.7. The Morgan fingerprint density at radius 2 is 2.00 bits per heavy atom. The third-order valence-electron chi connectivity index (χ3n) is 3.51. The van der Waals surface area contributed by atoms with Crippen LogP contribution in [0.15, 0.2) is 36.5 Å². The molecule has 2 aromatic rings. The lowest BCUT2D eigenvalue weighted by Gasteiger charge is -2.20. The normalized spacial score (nSPS) is 11.8. The lowest BCUT2D eigenvalue weighted by molar-refractivity contribution is -0.141. The molecule has 0 spiro atoms. The summed E-state index contributed by atoms with van der Waals surface area (Å²) in [5, 5.41) is 15.7. The van der Waals surface area contributed by atoms with Gasteiger partial charge < -0.3 is 10.0 Å². The van der Waals surface area contributed by atoms with E-state index in [0.29, 0.717) is 12.4 Å². The smallest absolute Gasteiger partial charge is 0.322 e. The van der Waals surface area contributed by atoms with Gasteiger partial charge in [0.1, 0.15) is 11.6 Å². The zero-order valence-electron chi connectivity index (χ0n) is 13.4. The van der Waals surface area contributed by atoms with E-state index in [-0.39, 0.29) is 12.4 Å². The average molecular weight is 334 g/mol. The molecule has 0 fully saturated rings. The van der Waals surface area contributed by atoms with Gasteiger partial charge in [-0.1, -0.05) is 19.1 Å². The van der Waals surface area contributed by atoms with E-state index >= 15 is 0 Å². The van der Waals surface area contributed by atoms with Crippen molar-refractivity contribution in [3.8, 4) is 0 Å². The highest BCUT2D eigenvalue weighted by molar-refractivity contribution is 5.88. The van der Waals surface area contributed by atoms with Gasteiger partial charge in [-0.2, -0.15) is 5.10 Å². The van der Waals surface area contributed by atoms with E-state index in [9.17, 15) is 14.0 Å². The zero-order valence-corrected chi connectivity index (χ0v) is 13.4. The number of hydrogen-bond acceptors (Lipinski definition) is 3. The summed E-state index contributed by atoms with van der Waals surface area (Å²) >= 11 is 0. The van der Waals surface area contributed by atoms with Crippen molar-refractivity contribution >= 4 is 17.8 Å². The number of hydrogen-bond donors (Lipinski definition) is 2. The maximum atomic E-state index is 12.9. The van der Waals surface area contributed by atoms with Crippen molar-refractivity contribution in [2.75, 3.05) is 18.9 Å². The van der Waals surface area contributed by atoms with Gasteiger partial charge in [0.2, 0.25) is 0 Å². The lowest BCUT2D eigenvalue weighted by Crippen LogP contribution is -2.37. The summed E-state index contributed by atoms with van der Waals surface area (Å²) in [5.74, 6) is -1.47. The van der Waals surface area contributed by atoms with Gasteiger partial charge in [0.25, 0.3) is 0 Å². The molecule has 0 saturated carbocycles. The van der Waals surface area contributed by atoms with E-state index < -0.39 is 17.9 Å². The second kappa shape index (κ2) is 7.58. The number of amides is 2. The van der Waals surface area contributed by atoms with Crippen LogP contribution in [0.2, 0.25) is 0 Å². The number of nitrogens with one attached hydrogen (secondary N) is 1. The minimum atomic E-state index is -0.962. The first-order valence-corrected chi connectivity index (χ1v) is 7.38. The van der Waals surface area contributed by atoms with Crippen LogP contribution in [0.3, 0.4) is 0 Å². The maximum Gasteiger partial charge on any atom is 0.322 e. The number of halogens is 1. The number of aromatic nitrogens is 2. The minimum Gasteiger partial charge on any atom is -0.481 e. The predicted octanol–water partition coefficient (Wildman–Crippen LogP) is 2.25. The Labute approximate surface area is 138 Å². The summed E-state index contributed by atoms with van der Waals surface area (Å²) in [5.41, 5.74) is 0.837. The number of carboxylic acids is 1. The lowest BCUT2D eigenvalue weighted by atomic mass is 10.2. The maximum absolute atomic E-state index is 12.9. The monoisotopic (exact) mass is 334 g/mol. The van der Waals surface area contributed by atoms with E-state index in [4.69, 9.17) is 5.11 Å². The summed E-state index contributed by atoms with van der Waals surface area (Å²) in [6.45, 7) is 2.00. The summed E-state index contributed by atoms with van der Waals surface area (Å²) < 4.78 is 14.5. The van der Waals surface area contributed by atoms with E-state index in [2.05, 4.69) is 10.4 Å². The number of urea groups is 1. The highest BCUT2D eigenvalue weighted by Gasteiger charge is 2.18. The Balaban J connectivity index is 2.00. The Bertz CT molecular complexity index is 714. The van der Waals surface area contributed by atoms with Gasteiger partial charge in [0, 0.05) is 19.7 Å². The van der Waals surface area contributed by atoms with Crippen LogP contribution in [0.4, 0.5) is 15.0 Å². The Morgan fingerprint density at radius 3 is 2.62 bits per heavy atom. The van der Waals surface area contributed by atoms with E-state index in [1.807, 2.05) is 0 Å². The van der Waals surface area contributed by atoms with Crippen LogP contribution in [0, 0.1) is 11.7 Å². The molecule has 8 heteroatoms. The fourth-order valence-electron chi connectivity index (χ4n) is 2.10. The van der Waals surface area contributed by atoms with Crippen LogP contribution < -0.4 is 5.32 Å². The largest absolute Gasteiger partial charge is 0.481 e. The van der Waals surface area contributed by atoms with Gasteiger partial charge in [-0.25, -0.2) is 13.9 Å². The Hall–Kier alpha value is -2.90. The molecule has 1 atom stereocenters. The molecule has 1 unspecified atom stereocenters. The van der Waals surface area contributed by atoms with E-state index in [0.717, 1.165) is 5.56 Å². The number of nitrogens with zero attached hydrogens (tertiary/aromatic N) is 3. The van der Waals surface area contributed by atoms with Crippen molar-refractivity contribution in [1.29, 1.82) is 0 Å². The van der Waals surface area contributed by atoms with E-state index in [1.54, 1.807) is 29.1 Å². The fraction of sp³-hybridized carbons (Fsp3) is 0.312. The SMILES string of the molecule is CC(CN(C)C(=O)Nc1ccnn1Cc1ccc(F)cc1)C(=O)O. The molecule has 1 aromatic carbocycles. The number of anilines is 1. The van der Waals surface area contributed by atoms with Crippen molar-refractivity contribution in [2.24, 2.45) is 5.92 Å². The Morgan fingerprint density at radius 1 is 1.33 bits per heavy atom. The number of carboxylic acid groups (broad SMARTS) is 1.